The molecule has 0 bridgehead atoms. The molecule has 0 aliphatic heterocycles. The number of halogens is 2. The lowest BCUT2D eigenvalue weighted by atomic mass is 10.1. The van der Waals surface area contributed by atoms with E-state index in [1.807, 2.05) is 0 Å². The largest absolute Gasteiger partial charge is 0.312 e. The third-order valence-electron chi connectivity index (χ3n) is 3.72. The van der Waals surface area contributed by atoms with E-state index in [1.54, 1.807) is 6.07 Å². The maximum atomic E-state index is 13.6. The molecule has 1 saturated carbocycles. The van der Waals surface area contributed by atoms with Gasteiger partial charge in [-0.15, -0.1) is 0 Å². The van der Waals surface area contributed by atoms with Crippen LogP contribution in [-0.4, -0.2) is 11.9 Å². The van der Waals surface area contributed by atoms with Gasteiger partial charge in [0.2, 0.25) is 0 Å². The summed E-state index contributed by atoms with van der Waals surface area (Å²) in [5.74, 6) is 4.32. The van der Waals surface area contributed by atoms with Crippen molar-refractivity contribution in [1.29, 1.82) is 0 Å². The first kappa shape index (κ1) is 14.9. The second kappa shape index (κ2) is 7.33. The van der Waals surface area contributed by atoms with Gasteiger partial charge in [0.1, 0.15) is 5.84 Å². The second-order valence-corrected chi connectivity index (χ2v) is 5.26. The zero-order valence-corrected chi connectivity index (χ0v) is 11.5. The molecule has 0 saturated heterocycles. The number of nitrogens with two attached hydrogens (primary N) is 1. The summed E-state index contributed by atoms with van der Waals surface area (Å²) in [6, 6.07) is 4.39. The van der Waals surface area contributed by atoms with Crippen molar-refractivity contribution in [2.75, 3.05) is 0 Å². The lowest BCUT2D eigenvalue weighted by Gasteiger charge is -2.13. The Kier molecular flexibility index (Phi) is 5.47. The van der Waals surface area contributed by atoms with Crippen molar-refractivity contribution in [3.05, 3.63) is 35.4 Å². The van der Waals surface area contributed by atoms with Crippen molar-refractivity contribution in [2.24, 2.45) is 10.8 Å². The molecule has 1 aliphatic carbocycles. The lowest BCUT2D eigenvalue weighted by Crippen LogP contribution is -2.33. The first-order chi connectivity index (χ1) is 9.70. The van der Waals surface area contributed by atoms with E-state index in [1.165, 1.54) is 31.7 Å². The Bertz CT molecular complexity index is 466. The van der Waals surface area contributed by atoms with E-state index < -0.39 is 11.6 Å². The Morgan fingerprint density at radius 1 is 1.20 bits per heavy atom. The molecule has 0 heterocycles. The van der Waals surface area contributed by atoms with Gasteiger partial charge in [0.25, 0.3) is 0 Å². The van der Waals surface area contributed by atoms with E-state index in [2.05, 4.69) is 10.4 Å². The third kappa shape index (κ3) is 4.00. The van der Waals surface area contributed by atoms with Crippen LogP contribution in [0.3, 0.4) is 0 Å². The number of hydrogen-bond acceptors (Lipinski definition) is 2. The summed E-state index contributed by atoms with van der Waals surface area (Å²) in [7, 11) is 0. The van der Waals surface area contributed by atoms with Crippen LogP contribution in [0.25, 0.3) is 0 Å². The summed E-state index contributed by atoms with van der Waals surface area (Å²) in [5.41, 5.74) is 2.80. The van der Waals surface area contributed by atoms with Crippen LogP contribution in [-0.2, 0) is 6.42 Å². The molecular formula is C15H21F2N3. The van der Waals surface area contributed by atoms with E-state index in [9.17, 15) is 8.78 Å². The molecule has 3 N–H and O–H groups in total. The molecule has 0 atom stereocenters. The number of hydrazine groups is 1. The van der Waals surface area contributed by atoms with Crippen LogP contribution in [0.5, 0.6) is 0 Å². The van der Waals surface area contributed by atoms with Crippen LogP contribution in [0.2, 0.25) is 0 Å². The van der Waals surface area contributed by atoms with E-state index in [0.29, 0.717) is 5.84 Å². The van der Waals surface area contributed by atoms with Gasteiger partial charge in [-0.1, -0.05) is 37.8 Å². The molecule has 1 aliphatic rings. The average Bonchev–Trinajstić information content (AvgIpc) is 2.71. The molecule has 0 unspecified atom stereocenters. The fourth-order valence-corrected chi connectivity index (χ4v) is 2.61. The van der Waals surface area contributed by atoms with Crippen LogP contribution in [0, 0.1) is 11.6 Å². The minimum absolute atomic E-state index is 0.191. The molecule has 0 amide bonds. The smallest absolute Gasteiger partial charge is 0.162 e. The van der Waals surface area contributed by atoms with Crippen LogP contribution in [0.1, 0.15) is 44.1 Å². The van der Waals surface area contributed by atoms with Gasteiger partial charge in [0.05, 0.1) is 6.04 Å². The number of nitrogens with zero attached hydrogens (tertiary/aromatic N) is 1. The zero-order valence-electron chi connectivity index (χ0n) is 11.5. The predicted molar refractivity (Wildman–Crippen MR) is 76.3 cm³/mol. The molecule has 2 rings (SSSR count). The van der Waals surface area contributed by atoms with E-state index in [-0.39, 0.29) is 18.0 Å². The van der Waals surface area contributed by atoms with Crippen molar-refractivity contribution in [2.45, 2.75) is 51.0 Å². The quantitative estimate of drug-likeness (QED) is 0.294. The highest BCUT2D eigenvalue weighted by molar-refractivity contribution is 5.84. The topological polar surface area (TPSA) is 50.4 Å². The number of aliphatic imine (C=N–C) groups is 1. The van der Waals surface area contributed by atoms with Gasteiger partial charge in [0, 0.05) is 6.42 Å². The summed E-state index contributed by atoms with van der Waals surface area (Å²) in [6.45, 7) is 0. The van der Waals surface area contributed by atoms with Gasteiger partial charge in [0.15, 0.2) is 11.6 Å². The minimum Gasteiger partial charge on any atom is -0.312 e. The molecule has 5 heteroatoms. The van der Waals surface area contributed by atoms with Crippen molar-refractivity contribution in [1.82, 2.24) is 5.43 Å². The summed E-state index contributed by atoms with van der Waals surface area (Å²) in [4.78, 5) is 4.57. The summed E-state index contributed by atoms with van der Waals surface area (Å²) in [5, 5.41) is 0. The monoisotopic (exact) mass is 281 g/mol. The summed E-state index contributed by atoms with van der Waals surface area (Å²) < 4.78 is 26.8. The highest BCUT2D eigenvalue weighted by Crippen LogP contribution is 2.20. The normalized spacial score (nSPS) is 17.9. The fraction of sp³-hybridized carbons (Fsp3) is 0.533. The van der Waals surface area contributed by atoms with Gasteiger partial charge >= 0.3 is 0 Å². The van der Waals surface area contributed by atoms with Crippen molar-refractivity contribution >= 4 is 5.84 Å². The Morgan fingerprint density at radius 3 is 2.55 bits per heavy atom. The number of amidine groups is 1. The maximum absolute atomic E-state index is 13.6. The molecule has 110 valence electrons. The van der Waals surface area contributed by atoms with Gasteiger partial charge in [-0.3, -0.25) is 4.99 Å². The van der Waals surface area contributed by atoms with Crippen LogP contribution < -0.4 is 11.3 Å². The average molecular weight is 281 g/mol. The van der Waals surface area contributed by atoms with E-state index in [0.717, 1.165) is 18.9 Å². The van der Waals surface area contributed by atoms with Crippen LogP contribution in [0.15, 0.2) is 23.2 Å². The van der Waals surface area contributed by atoms with E-state index in [4.69, 9.17) is 5.84 Å². The summed E-state index contributed by atoms with van der Waals surface area (Å²) in [6.07, 6.45) is 7.09. The van der Waals surface area contributed by atoms with Gasteiger partial charge < -0.3 is 5.43 Å². The van der Waals surface area contributed by atoms with Gasteiger partial charge in [-0.2, -0.15) is 0 Å². The fourth-order valence-electron chi connectivity index (χ4n) is 2.61. The first-order valence-corrected chi connectivity index (χ1v) is 7.17. The lowest BCUT2D eigenvalue weighted by molar-refractivity contribution is 0.501. The molecule has 1 aromatic carbocycles. The molecule has 0 aromatic heterocycles. The van der Waals surface area contributed by atoms with Gasteiger partial charge in [-0.05, 0) is 24.5 Å². The molecular weight excluding hydrogens is 260 g/mol. The van der Waals surface area contributed by atoms with Crippen molar-refractivity contribution in [3.63, 3.8) is 0 Å². The summed E-state index contributed by atoms with van der Waals surface area (Å²) >= 11 is 0. The molecule has 1 aromatic rings. The first-order valence-electron chi connectivity index (χ1n) is 7.17. The van der Waals surface area contributed by atoms with Gasteiger partial charge in [-0.25, -0.2) is 14.6 Å². The molecule has 0 spiro atoms. The SMILES string of the molecule is NNC(Cc1cccc(F)c1F)=NC1CCCCCC1. The molecule has 0 radical (unpaired) electrons. The number of nitrogens with one attached hydrogen (secondary N) is 1. The number of rotatable bonds is 3. The highest BCUT2D eigenvalue weighted by Gasteiger charge is 2.14. The van der Waals surface area contributed by atoms with Crippen LogP contribution >= 0.6 is 0 Å². The highest BCUT2D eigenvalue weighted by atomic mass is 19.2. The Hall–Kier alpha value is -1.49. The van der Waals surface area contributed by atoms with Crippen molar-refractivity contribution in [3.8, 4) is 0 Å². The zero-order chi connectivity index (χ0) is 14.4. The molecule has 1 fully saturated rings. The number of hydrogen-bond donors (Lipinski definition) is 2. The Balaban J connectivity index is 2.09. The maximum Gasteiger partial charge on any atom is 0.162 e. The van der Waals surface area contributed by atoms with Crippen molar-refractivity contribution < 1.29 is 8.78 Å². The number of benzene rings is 1. The van der Waals surface area contributed by atoms with E-state index >= 15 is 0 Å². The molecule has 3 nitrogen and oxygen atoms in total. The van der Waals surface area contributed by atoms with Crippen LogP contribution in [0.4, 0.5) is 8.78 Å². The standard InChI is InChI=1S/C15H21F2N3/c16-13-9-5-6-11(15(13)17)10-14(20-18)19-12-7-3-1-2-4-8-12/h5-6,9,12H,1-4,7-8,10,18H2,(H,19,20). The second-order valence-electron chi connectivity index (χ2n) is 5.26. The Morgan fingerprint density at radius 2 is 1.90 bits per heavy atom. The molecule has 20 heavy (non-hydrogen) atoms. The minimum atomic E-state index is -0.840. The predicted octanol–water partition coefficient (Wildman–Crippen LogP) is 3.09. The third-order valence-corrected chi connectivity index (χ3v) is 3.72. The Labute approximate surface area is 118 Å².